The Morgan fingerprint density at radius 2 is 1.76 bits per heavy atom. The zero-order valence-electron chi connectivity index (χ0n) is 20.2. The molecule has 3 aromatic carbocycles. The number of nitrogens with one attached hydrogen (secondary N) is 1. The second-order valence-electron chi connectivity index (χ2n) is 9.03. The minimum atomic E-state index is -0.965. The molecule has 0 unspecified atom stereocenters. The summed E-state index contributed by atoms with van der Waals surface area (Å²) in [6.45, 7) is 0. The van der Waals surface area contributed by atoms with Gasteiger partial charge in [-0.3, -0.25) is 14.4 Å². The van der Waals surface area contributed by atoms with E-state index in [0.717, 1.165) is 21.0 Å². The van der Waals surface area contributed by atoms with Gasteiger partial charge in [0.15, 0.2) is 0 Å². The third kappa shape index (κ3) is 5.14. The first kappa shape index (κ1) is 25.9. The van der Waals surface area contributed by atoms with Gasteiger partial charge < -0.3 is 10.1 Å². The molecule has 0 bridgehead atoms. The van der Waals surface area contributed by atoms with Crippen molar-refractivity contribution in [1.82, 2.24) is 9.99 Å². The molecule has 4 aromatic rings. The molecule has 1 aromatic heterocycles. The minimum absolute atomic E-state index is 0.0105. The van der Waals surface area contributed by atoms with E-state index in [1.54, 1.807) is 12.1 Å². The van der Waals surface area contributed by atoms with Gasteiger partial charge in [0, 0.05) is 45.2 Å². The molecule has 0 spiro atoms. The van der Waals surface area contributed by atoms with Gasteiger partial charge in [-0.1, -0.05) is 76.1 Å². The summed E-state index contributed by atoms with van der Waals surface area (Å²) < 4.78 is 0.859. The zero-order valence-corrected chi connectivity index (χ0v) is 22.5. The van der Waals surface area contributed by atoms with Gasteiger partial charge in [-0.05, 0) is 41.8 Å². The summed E-state index contributed by atoms with van der Waals surface area (Å²) in [5, 5.41) is 16.4. The highest BCUT2D eigenvalue weighted by Crippen LogP contribution is 2.39. The van der Waals surface area contributed by atoms with Gasteiger partial charge in [0.05, 0.1) is 17.3 Å². The highest BCUT2D eigenvalue weighted by atomic mass is 79.9. The van der Waals surface area contributed by atoms with Gasteiger partial charge in [0.1, 0.15) is 0 Å². The van der Waals surface area contributed by atoms with Crippen LogP contribution in [0.3, 0.4) is 0 Å². The Morgan fingerprint density at radius 3 is 2.50 bits per heavy atom. The number of pyridine rings is 1. The van der Waals surface area contributed by atoms with Gasteiger partial charge in [-0.25, -0.2) is 5.01 Å². The average molecular weight is 593 g/mol. The Kier molecular flexibility index (Phi) is 7.44. The van der Waals surface area contributed by atoms with Crippen LogP contribution in [0.5, 0.6) is 0 Å². The summed E-state index contributed by atoms with van der Waals surface area (Å²) in [7, 11) is 0. The molecule has 1 aliphatic heterocycles. The number of carboxylic acid groups (broad SMARTS) is 1. The number of aliphatic carboxylic acids is 1. The number of carboxylic acids is 1. The van der Waals surface area contributed by atoms with E-state index in [2.05, 4.69) is 20.9 Å². The van der Waals surface area contributed by atoms with E-state index in [-0.39, 0.29) is 37.1 Å². The van der Waals surface area contributed by atoms with Crippen LogP contribution in [0.25, 0.3) is 22.0 Å². The zero-order chi connectivity index (χ0) is 26.8. The van der Waals surface area contributed by atoms with Crippen molar-refractivity contribution in [1.29, 1.82) is 0 Å². The number of benzene rings is 3. The number of carbonyl (C=O) groups is 2. The largest absolute Gasteiger partial charge is 0.481 e. The Balaban J connectivity index is 1.68. The molecule has 0 saturated carbocycles. The fraction of sp³-hybridized carbons (Fsp3) is 0.172. The number of aromatic nitrogens is 1. The molecule has 0 saturated heterocycles. The van der Waals surface area contributed by atoms with Crippen LogP contribution in [-0.4, -0.2) is 32.7 Å². The number of H-pyrrole nitrogens is 1. The first-order valence-electron chi connectivity index (χ1n) is 12.1. The van der Waals surface area contributed by atoms with Gasteiger partial charge in [0.25, 0.3) is 5.56 Å². The monoisotopic (exact) mass is 591 g/mol. The first-order valence-corrected chi connectivity index (χ1v) is 13.3. The van der Waals surface area contributed by atoms with Crippen LogP contribution in [0.2, 0.25) is 5.02 Å². The van der Waals surface area contributed by atoms with E-state index in [1.165, 1.54) is 5.01 Å². The quantitative estimate of drug-likeness (QED) is 0.254. The van der Waals surface area contributed by atoms with Crippen molar-refractivity contribution < 1.29 is 14.7 Å². The summed E-state index contributed by atoms with van der Waals surface area (Å²) in [6.07, 6.45) is 0.350. The molecule has 1 amide bonds. The third-order valence-corrected chi connectivity index (χ3v) is 7.38. The fourth-order valence-corrected chi connectivity index (χ4v) is 5.45. The number of hydrazone groups is 1. The summed E-state index contributed by atoms with van der Waals surface area (Å²) in [5.74, 6) is -1.29. The topological polar surface area (TPSA) is 103 Å². The number of nitrogens with zero attached hydrogens (tertiary/aromatic N) is 2. The number of amides is 1. The molecule has 192 valence electrons. The van der Waals surface area contributed by atoms with Crippen molar-refractivity contribution in [3.8, 4) is 11.1 Å². The maximum Gasteiger partial charge on any atom is 0.303 e. The normalized spacial score (nSPS) is 15.1. The van der Waals surface area contributed by atoms with E-state index in [1.807, 2.05) is 60.7 Å². The number of hydrogen-bond donors (Lipinski definition) is 2. The molecule has 7 nitrogen and oxygen atoms in total. The number of carbonyl (C=O) groups excluding carboxylic acids is 1. The molecule has 0 fully saturated rings. The van der Waals surface area contributed by atoms with Crippen LogP contribution >= 0.6 is 27.5 Å². The lowest BCUT2D eigenvalue weighted by molar-refractivity contribution is -0.137. The van der Waals surface area contributed by atoms with Gasteiger partial charge in [-0.15, -0.1) is 0 Å². The number of hydrogen-bond acceptors (Lipinski definition) is 4. The smallest absolute Gasteiger partial charge is 0.303 e. The molecule has 1 aliphatic rings. The molecule has 0 aliphatic carbocycles. The van der Waals surface area contributed by atoms with Gasteiger partial charge in [-0.2, -0.15) is 5.10 Å². The highest BCUT2D eigenvalue weighted by molar-refractivity contribution is 9.10. The van der Waals surface area contributed by atoms with Crippen LogP contribution in [0.4, 0.5) is 0 Å². The number of rotatable bonds is 7. The van der Waals surface area contributed by atoms with E-state index >= 15 is 0 Å². The van der Waals surface area contributed by atoms with E-state index < -0.39 is 12.0 Å². The van der Waals surface area contributed by atoms with Crippen LogP contribution in [0.1, 0.15) is 42.9 Å². The molecule has 9 heteroatoms. The summed E-state index contributed by atoms with van der Waals surface area (Å²) in [6, 6.07) is 22.0. The second-order valence-corrected chi connectivity index (χ2v) is 10.4. The number of halogens is 2. The Hall–Kier alpha value is -3.75. The predicted molar refractivity (Wildman–Crippen MR) is 151 cm³/mol. The average Bonchev–Trinajstić information content (AvgIpc) is 3.33. The van der Waals surface area contributed by atoms with Crippen LogP contribution in [-0.2, 0) is 9.59 Å². The molecule has 0 radical (unpaired) electrons. The molecular formula is C29H23BrClN3O4. The van der Waals surface area contributed by atoms with Crippen LogP contribution in [0, 0.1) is 0 Å². The van der Waals surface area contributed by atoms with Crippen molar-refractivity contribution in [3.63, 3.8) is 0 Å². The molecule has 5 rings (SSSR count). The Bertz CT molecular complexity index is 1630. The summed E-state index contributed by atoms with van der Waals surface area (Å²) in [5.41, 5.74) is 3.51. The molecule has 2 heterocycles. The second kappa shape index (κ2) is 10.9. The van der Waals surface area contributed by atoms with Crippen LogP contribution in [0.15, 0.2) is 87.2 Å². The number of aromatic amines is 1. The maximum absolute atomic E-state index is 13.6. The van der Waals surface area contributed by atoms with Crippen molar-refractivity contribution in [2.75, 3.05) is 0 Å². The highest BCUT2D eigenvalue weighted by Gasteiger charge is 2.36. The van der Waals surface area contributed by atoms with Crippen molar-refractivity contribution >= 4 is 56.0 Å². The maximum atomic E-state index is 13.6. The Morgan fingerprint density at radius 1 is 1.03 bits per heavy atom. The fourth-order valence-electron chi connectivity index (χ4n) is 4.83. The molecular weight excluding hydrogens is 570 g/mol. The third-order valence-electron chi connectivity index (χ3n) is 6.54. The standard InChI is InChI=1S/C29H23BrClN3O4/c30-18-13-14-22-20(15-18)27(17-7-2-1-3-8-17)28(29(38)32-22)23-16-24(19-9-4-5-10-21(19)31)34(33-23)25(35)11-6-12-26(36)37/h1-5,7-10,13-15,24H,6,11-12,16H2,(H,32,38)(H,36,37)/t24-/m0/s1. The molecule has 2 N–H and O–H groups in total. The van der Waals surface area contributed by atoms with Crippen molar-refractivity contribution in [2.45, 2.75) is 31.7 Å². The van der Waals surface area contributed by atoms with Gasteiger partial charge >= 0.3 is 5.97 Å². The summed E-state index contributed by atoms with van der Waals surface area (Å²) in [4.78, 5) is 40.9. The number of fused-ring (bicyclic) bond motifs is 1. The predicted octanol–water partition coefficient (Wildman–Crippen LogP) is 6.54. The molecule has 38 heavy (non-hydrogen) atoms. The van der Waals surface area contributed by atoms with E-state index in [9.17, 15) is 14.4 Å². The van der Waals surface area contributed by atoms with E-state index in [0.29, 0.717) is 27.4 Å². The lowest BCUT2D eigenvalue weighted by Gasteiger charge is -2.22. The lowest BCUT2D eigenvalue weighted by atomic mass is 9.91. The van der Waals surface area contributed by atoms with Crippen LogP contribution < -0.4 is 5.56 Å². The molecule has 1 atom stereocenters. The summed E-state index contributed by atoms with van der Waals surface area (Å²) >= 11 is 10.1. The lowest BCUT2D eigenvalue weighted by Crippen LogP contribution is -2.27. The van der Waals surface area contributed by atoms with Crippen molar-refractivity contribution in [3.05, 3.63) is 104 Å². The SMILES string of the molecule is O=C(O)CCCC(=O)N1N=C(c2c(-c3ccccc3)c3cc(Br)ccc3[nH]c2=O)C[C@H]1c1ccccc1Cl. The first-order chi connectivity index (χ1) is 18.3. The van der Waals surface area contributed by atoms with E-state index in [4.69, 9.17) is 21.8 Å². The Labute approximate surface area is 231 Å². The van der Waals surface area contributed by atoms with Gasteiger partial charge in [0.2, 0.25) is 5.91 Å². The minimum Gasteiger partial charge on any atom is -0.481 e. The van der Waals surface area contributed by atoms with Crippen molar-refractivity contribution in [2.24, 2.45) is 5.10 Å².